The van der Waals surface area contributed by atoms with Crippen molar-refractivity contribution in [3.8, 4) is 0 Å². The summed E-state index contributed by atoms with van der Waals surface area (Å²) in [6.07, 6.45) is 2.66. The van der Waals surface area contributed by atoms with Gasteiger partial charge in [0.05, 0.1) is 14.2 Å². The van der Waals surface area contributed by atoms with Crippen molar-refractivity contribution in [1.82, 2.24) is 0 Å². The first kappa shape index (κ1) is 22.1. The molecule has 1 atom stereocenters. The summed E-state index contributed by atoms with van der Waals surface area (Å²) in [5.41, 5.74) is 5.06. The van der Waals surface area contributed by atoms with Crippen LogP contribution < -0.4 is 0 Å². The lowest BCUT2D eigenvalue weighted by atomic mass is 9.89. The highest BCUT2D eigenvalue weighted by Crippen LogP contribution is 2.43. The molecule has 0 bridgehead atoms. The average Bonchev–Trinajstić information content (AvgIpc) is 2.23. The zero-order valence-corrected chi connectivity index (χ0v) is 19.4. The molecule has 1 unspecified atom stereocenters. The SMILES string of the molecule is CC(C)[Si](/C=C/C(O[Si](C)(C)C)C(C)(C)C)(C(C)C)C(C)C. The Labute approximate surface area is 143 Å². The summed E-state index contributed by atoms with van der Waals surface area (Å²) in [5.74, 6) is 0. The lowest BCUT2D eigenvalue weighted by Crippen LogP contribution is -2.44. The summed E-state index contributed by atoms with van der Waals surface area (Å²) in [6, 6.07) is 0. The molecule has 0 spiro atoms. The minimum absolute atomic E-state index is 0.155. The molecule has 3 heteroatoms. The summed E-state index contributed by atoms with van der Waals surface area (Å²) < 4.78 is 6.51. The first-order valence-electron chi connectivity index (χ1n) is 9.01. The van der Waals surface area contributed by atoms with Gasteiger partial charge in [0.1, 0.15) is 0 Å². The van der Waals surface area contributed by atoms with Gasteiger partial charge in [-0.05, 0) is 41.7 Å². The highest BCUT2D eigenvalue weighted by atomic mass is 28.4. The minimum Gasteiger partial charge on any atom is -0.411 e. The van der Waals surface area contributed by atoms with Crippen LogP contribution in [0.15, 0.2) is 11.8 Å². The van der Waals surface area contributed by atoms with Gasteiger partial charge >= 0.3 is 0 Å². The van der Waals surface area contributed by atoms with Crippen LogP contribution in [0.1, 0.15) is 62.3 Å². The van der Waals surface area contributed by atoms with Crippen LogP contribution in [0.2, 0.25) is 36.3 Å². The molecule has 0 heterocycles. The zero-order valence-electron chi connectivity index (χ0n) is 17.4. The minimum atomic E-state index is -1.54. The highest BCUT2D eigenvalue weighted by molar-refractivity contribution is 6.88. The van der Waals surface area contributed by atoms with Crippen LogP contribution in [0.25, 0.3) is 0 Å². The molecule has 0 saturated carbocycles. The number of rotatable bonds is 7. The predicted octanol–water partition coefficient (Wildman–Crippen LogP) is 7.03. The Bertz CT molecular complexity index is 335. The molecule has 0 aromatic carbocycles. The predicted molar refractivity (Wildman–Crippen MR) is 108 cm³/mol. The van der Waals surface area contributed by atoms with Crippen LogP contribution in [0.5, 0.6) is 0 Å². The molecule has 0 rings (SSSR count). The van der Waals surface area contributed by atoms with E-state index in [1.165, 1.54) is 0 Å². The normalized spacial score (nSPS) is 16.3. The molecule has 0 aromatic rings. The van der Waals surface area contributed by atoms with Crippen molar-refractivity contribution in [2.45, 2.75) is 105 Å². The van der Waals surface area contributed by atoms with Gasteiger partial charge in [-0.25, -0.2) is 0 Å². The standard InChI is InChI=1S/C19H42OSi2/c1-15(2)22(16(3)4,17(5)6)14-13-18(19(7,8)9)20-21(10,11)12/h13-18H,1-12H3/b14-13+. The maximum absolute atomic E-state index is 6.51. The monoisotopic (exact) mass is 342 g/mol. The second kappa shape index (κ2) is 7.80. The Kier molecular flexibility index (Phi) is 7.85. The molecule has 0 fully saturated rings. The van der Waals surface area contributed by atoms with Crippen LogP contribution in [-0.4, -0.2) is 22.5 Å². The largest absolute Gasteiger partial charge is 0.411 e. The lowest BCUT2D eigenvalue weighted by molar-refractivity contribution is 0.122. The summed E-state index contributed by atoms with van der Waals surface area (Å²) >= 11 is 0. The fraction of sp³-hybridized carbons (Fsp3) is 0.895. The molecule has 22 heavy (non-hydrogen) atoms. The van der Waals surface area contributed by atoms with E-state index in [0.29, 0.717) is 0 Å². The van der Waals surface area contributed by atoms with Crippen molar-refractivity contribution >= 4 is 16.4 Å². The van der Waals surface area contributed by atoms with Crippen molar-refractivity contribution in [1.29, 1.82) is 0 Å². The van der Waals surface area contributed by atoms with E-state index in [2.05, 4.69) is 93.7 Å². The van der Waals surface area contributed by atoms with Gasteiger partial charge in [0.25, 0.3) is 0 Å². The smallest absolute Gasteiger partial charge is 0.184 e. The molecular weight excluding hydrogens is 300 g/mol. The third kappa shape index (κ3) is 5.97. The molecule has 0 radical (unpaired) electrons. The fourth-order valence-electron chi connectivity index (χ4n) is 3.72. The van der Waals surface area contributed by atoms with Crippen LogP contribution >= 0.6 is 0 Å². The number of hydrogen-bond donors (Lipinski definition) is 0. The first-order chi connectivity index (χ1) is 9.64. The van der Waals surface area contributed by atoms with Gasteiger partial charge in [-0.2, -0.15) is 0 Å². The second-order valence-electron chi connectivity index (χ2n) is 9.84. The second-order valence-corrected chi connectivity index (χ2v) is 20.1. The lowest BCUT2D eigenvalue weighted by Gasteiger charge is -2.42. The van der Waals surface area contributed by atoms with Gasteiger partial charge in [-0.15, -0.1) is 0 Å². The summed E-state index contributed by atoms with van der Waals surface area (Å²) in [6.45, 7) is 28.3. The van der Waals surface area contributed by atoms with E-state index in [-0.39, 0.29) is 11.5 Å². The zero-order chi connectivity index (χ0) is 17.9. The third-order valence-electron chi connectivity index (χ3n) is 4.89. The molecule has 1 nitrogen and oxygen atoms in total. The highest BCUT2D eigenvalue weighted by Gasteiger charge is 2.41. The van der Waals surface area contributed by atoms with E-state index in [4.69, 9.17) is 4.43 Å². The van der Waals surface area contributed by atoms with E-state index in [1.807, 2.05) is 0 Å². The van der Waals surface area contributed by atoms with Crippen LogP contribution in [-0.2, 0) is 4.43 Å². The Hall–Kier alpha value is 0.134. The average molecular weight is 343 g/mol. The van der Waals surface area contributed by atoms with E-state index in [1.54, 1.807) is 0 Å². The summed E-state index contributed by atoms with van der Waals surface area (Å²) in [7, 11) is -3.03. The Balaban J connectivity index is 5.68. The van der Waals surface area contributed by atoms with E-state index in [9.17, 15) is 0 Å². The van der Waals surface area contributed by atoms with Gasteiger partial charge in [-0.3, -0.25) is 0 Å². The molecule has 0 aliphatic carbocycles. The maximum Gasteiger partial charge on any atom is 0.184 e. The van der Waals surface area contributed by atoms with E-state index in [0.717, 1.165) is 16.6 Å². The first-order valence-corrected chi connectivity index (χ1v) is 14.7. The molecule has 0 N–H and O–H groups in total. The topological polar surface area (TPSA) is 9.23 Å². The molecular formula is C19H42OSi2. The number of hydrogen-bond acceptors (Lipinski definition) is 1. The third-order valence-corrected chi connectivity index (χ3v) is 12.6. The van der Waals surface area contributed by atoms with Crippen molar-refractivity contribution in [3.05, 3.63) is 11.8 Å². The quantitative estimate of drug-likeness (QED) is 0.451. The van der Waals surface area contributed by atoms with Crippen molar-refractivity contribution in [3.63, 3.8) is 0 Å². The van der Waals surface area contributed by atoms with Gasteiger partial charge in [0, 0.05) is 0 Å². The van der Waals surface area contributed by atoms with Crippen LogP contribution in [0.3, 0.4) is 0 Å². The fourth-order valence-corrected chi connectivity index (χ4v) is 10.6. The van der Waals surface area contributed by atoms with E-state index >= 15 is 0 Å². The van der Waals surface area contributed by atoms with Crippen molar-refractivity contribution in [2.24, 2.45) is 5.41 Å². The van der Waals surface area contributed by atoms with Gasteiger partial charge in [-0.1, -0.05) is 74.1 Å². The van der Waals surface area contributed by atoms with E-state index < -0.39 is 16.4 Å². The Morgan fingerprint density at radius 3 is 1.36 bits per heavy atom. The molecule has 0 aromatic heterocycles. The summed E-state index contributed by atoms with van der Waals surface area (Å²) in [5, 5.41) is 0. The van der Waals surface area contributed by atoms with Crippen molar-refractivity contribution in [2.75, 3.05) is 0 Å². The van der Waals surface area contributed by atoms with Gasteiger partial charge < -0.3 is 4.43 Å². The molecule has 132 valence electrons. The molecule has 0 aliphatic rings. The maximum atomic E-state index is 6.51. The summed E-state index contributed by atoms with van der Waals surface area (Å²) in [4.78, 5) is 0. The Morgan fingerprint density at radius 1 is 0.773 bits per heavy atom. The Morgan fingerprint density at radius 2 is 1.14 bits per heavy atom. The molecule has 0 aliphatic heterocycles. The molecule has 0 amide bonds. The van der Waals surface area contributed by atoms with Crippen LogP contribution in [0, 0.1) is 5.41 Å². The van der Waals surface area contributed by atoms with Crippen molar-refractivity contribution < 1.29 is 4.43 Å². The van der Waals surface area contributed by atoms with Gasteiger partial charge in [0.15, 0.2) is 8.32 Å². The van der Waals surface area contributed by atoms with Crippen LogP contribution in [0.4, 0.5) is 0 Å². The van der Waals surface area contributed by atoms with Gasteiger partial charge in [0.2, 0.25) is 0 Å². The molecule has 0 saturated heterocycles.